The number of quaternary nitrogens is 2. The Morgan fingerprint density at radius 1 is 0.778 bits per heavy atom. The number of benzene rings is 1. The smallest absolute Gasteiger partial charge is 0.159 e. The first-order valence-corrected chi connectivity index (χ1v) is 11.0. The van der Waals surface area contributed by atoms with Gasteiger partial charge in [0.2, 0.25) is 0 Å². The van der Waals surface area contributed by atoms with E-state index in [0.717, 1.165) is 33.4 Å². The highest BCUT2D eigenvalue weighted by molar-refractivity contribution is 5.77. The van der Waals surface area contributed by atoms with Crippen LogP contribution in [-0.4, -0.2) is 56.3 Å². The molecule has 0 aliphatic carbocycles. The quantitative estimate of drug-likeness (QED) is 0.317. The van der Waals surface area contributed by atoms with E-state index in [1.54, 1.807) is 0 Å². The third-order valence-electron chi connectivity index (χ3n) is 6.35. The Bertz CT molecular complexity index is 643. The van der Waals surface area contributed by atoms with E-state index in [0.29, 0.717) is 0 Å². The molecule has 1 atom stereocenters. The Morgan fingerprint density at radius 2 is 1.41 bits per heavy atom. The van der Waals surface area contributed by atoms with Crippen LogP contribution in [0.4, 0.5) is 0 Å². The highest BCUT2D eigenvalue weighted by Gasteiger charge is 2.21. The summed E-state index contributed by atoms with van der Waals surface area (Å²) in [6.07, 6.45) is 8.22. The fraction of sp³-hybridized carbons (Fsp3) is 0.667. The fourth-order valence-corrected chi connectivity index (χ4v) is 3.74. The van der Waals surface area contributed by atoms with Crippen molar-refractivity contribution >= 4 is 11.0 Å². The number of fused-ring (bicyclic) bond motifs is 1. The van der Waals surface area contributed by atoms with E-state index in [1.807, 2.05) is 6.07 Å². The average Bonchev–Trinajstić information content (AvgIpc) is 3.05. The first-order valence-electron chi connectivity index (χ1n) is 11.0. The zero-order chi connectivity index (χ0) is 19.8. The number of rotatable bonds is 13. The molecule has 1 aromatic carbocycles. The minimum atomic E-state index is 0.995. The molecule has 0 radical (unpaired) electrons. The number of nitrogens with zero attached hydrogens (tertiary/aromatic N) is 2. The third kappa shape index (κ3) is 7.31. The van der Waals surface area contributed by atoms with Crippen LogP contribution >= 0.6 is 0 Å². The highest BCUT2D eigenvalue weighted by atomic mass is 16.3. The van der Waals surface area contributed by atoms with Crippen molar-refractivity contribution in [2.75, 3.05) is 47.3 Å². The summed E-state index contributed by atoms with van der Waals surface area (Å²) in [4.78, 5) is 0. The van der Waals surface area contributed by atoms with Crippen molar-refractivity contribution in [2.24, 2.45) is 0 Å². The molecule has 2 aromatic rings. The molecule has 1 unspecified atom stereocenters. The van der Waals surface area contributed by atoms with Gasteiger partial charge in [-0.15, -0.1) is 0 Å². The zero-order valence-corrected chi connectivity index (χ0v) is 18.5. The van der Waals surface area contributed by atoms with Crippen LogP contribution in [0.1, 0.15) is 58.1 Å². The third-order valence-corrected chi connectivity index (χ3v) is 6.35. The van der Waals surface area contributed by atoms with E-state index in [2.05, 4.69) is 59.3 Å². The van der Waals surface area contributed by atoms with E-state index in [4.69, 9.17) is 4.42 Å². The van der Waals surface area contributed by atoms with Gasteiger partial charge in [-0.2, -0.15) is 0 Å². The monoisotopic (exact) mass is 374 g/mol. The topological polar surface area (TPSA) is 13.1 Å². The average molecular weight is 375 g/mol. The summed E-state index contributed by atoms with van der Waals surface area (Å²) in [5.41, 5.74) is 1.01. The maximum atomic E-state index is 6.06. The van der Waals surface area contributed by atoms with E-state index in [-0.39, 0.29) is 0 Å². The number of hydrogen-bond donors (Lipinski definition) is 0. The number of para-hydroxylation sites is 1. The molecular formula is C24H42N2O+2. The van der Waals surface area contributed by atoms with Crippen molar-refractivity contribution in [3.63, 3.8) is 0 Å². The van der Waals surface area contributed by atoms with Crippen LogP contribution in [0.25, 0.3) is 11.0 Å². The molecule has 0 aliphatic rings. The highest BCUT2D eigenvalue weighted by Crippen LogP contribution is 2.22. The molecule has 0 spiro atoms. The minimum absolute atomic E-state index is 0.995. The van der Waals surface area contributed by atoms with Gasteiger partial charge in [-0.1, -0.05) is 31.0 Å². The predicted octanol–water partition coefficient (Wildman–Crippen LogP) is 5.84. The van der Waals surface area contributed by atoms with Crippen LogP contribution < -0.4 is 0 Å². The minimum Gasteiger partial charge on any atom is -0.455 e. The number of furan rings is 1. The Labute approximate surface area is 167 Å². The predicted molar refractivity (Wildman–Crippen MR) is 117 cm³/mol. The van der Waals surface area contributed by atoms with Crippen LogP contribution in [0.5, 0.6) is 0 Å². The van der Waals surface area contributed by atoms with E-state index in [1.165, 1.54) is 63.5 Å². The van der Waals surface area contributed by atoms with Gasteiger partial charge >= 0.3 is 0 Å². The summed E-state index contributed by atoms with van der Waals surface area (Å²) in [5, 5.41) is 1.22. The maximum Gasteiger partial charge on any atom is 0.159 e. The molecule has 1 aromatic heterocycles. The van der Waals surface area contributed by atoms with E-state index < -0.39 is 0 Å². The molecule has 27 heavy (non-hydrogen) atoms. The molecule has 0 aliphatic heterocycles. The summed E-state index contributed by atoms with van der Waals surface area (Å²) in [5.74, 6) is 1.12. The molecule has 1 heterocycles. The second-order valence-corrected chi connectivity index (χ2v) is 9.16. The summed E-state index contributed by atoms with van der Waals surface area (Å²) in [7, 11) is 7.05. The first-order chi connectivity index (χ1) is 12.9. The molecule has 2 rings (SSSR count). The van der Waals surface area contributed by atoms with Crippen molar-refractivity contribution in [3.8, 4) is 0 Å². The van der Waals surface area contributed by atoms with Gasteiger partial charge in [-0.05, 0) is 51.7 Å². The molecule has 0 saturated carbocycles. The van der Waals surface area contributed by atoms with Gasteiger partial charge in [-0.25, -0.2) is 0 Å². The van der Waals surface area contributed by atoms with Gasteiger partial charge in [-0.3, -0.25) is 0 Å². The standard InChI is InChI=1S/C24H42N2O/c1-6-25(3,4)18-14-10-8-9-11-15-19-26(5,7-2)21-23-20-22-16-12-13-17-24(22)27-23/h12-13,16-17,20H,6-11,14-15,18-19,21H2,1-5H3/q+2. The van der Waals surface area contributed by atoms with Gasteiger partial charge in [0, 0.05) is 5.39 Å². The molecule has 3 nitrogen and oxygen atoms in total. The van der Waals surface area contributed by atoms with Crippen molar-refractivity contribution < 1.29 is 13.4 Å². The number of unbranched alkanes of at least 4 members (excludes halogenated alkanes) is 5. The Balaban J connectivity index is 1.67. The first kappa shape index (κ1) is 22.0. The summed E-state index contributed by atoms with van der Waals surface area (Å²) >= 11 is 0. The Kier molecular flexibility index (Phi) is 8.37. The molecule has 0 saturated heterocycles. The van der Waals surface area contributed by atoms with Crippen molar-refractivity contribution in [1.82, 2.24) is 0 Å². The number of hydrogen-bond acceptors (Lipinski definition) is 1. The lowest BCUT2D eigenvalue weighted by molar-refractivity contribution is -0.922. The lowest BCUT2D eigenvalue weighted by Crippen LogP contribution is -2.43. The van der Waals surface area contributed by atoms with Crippen molar-refractivity contribution in [2.45, 2.75) is 58.9 Å². The van der Waals surface area contributed by atoms with Crippen LogP contribution in [0.3, 0.4) is 0 Å². The summed E-state index contributed by atoms with van der Waals surface area (Å²) < 4.78 is 8.29. The van der Waals surface area contributed by atoms with Crippen LogP contribution in [-0.2, 0) is 6.54 Å². The van der Waals surface area contributed by atoms with Crippen molar-refractivity contribution in [1.29, 1.82) is 0 Å². The molecule has 152 valence electrons. The van der Waals surface area contributed by atoms with Gasteiger partial charge in [0.05, 0.1) is 47.3 Å². The molecular weight excluding hydrogens is 332 g/mol. The molecule has 0 N–H and O–H groups in total. The molecule has 0 amide bonds. The van der Waals surface area contributed by atoms with Gasteiger partial charge in [0.25, 0.3) is 0 Å². The van der Waals surface area contributed by atoms with Gasteiger partial charge < -0.3 is 13.4 Å². The van der Waals surface area contributed by atoms with Gasteiger partial charge in [0.15, 0.2) is 5.76 Å². The molecule has 0 fully saturated rings. The Morgan fingerprint density at radius 3 is 2.04 bits per heavy atom. The summed E-state index contributed by atoms with van der Waals surface area (Å²) in [6.45, 7) is 10.5. The second kappa shape index (κ2) is 10.3. The SMILES string of the molecule is CC[N+](C)(C)CCCCCCCC[N+](C)(CC)Cc1cc2ccccc2o1. The Hall–Kier alpha value is -1.32. The largest absolute Gasteiger partial charge is 0.455 e. The molecule has 3 heteroatoms. The van der Waals surface area contributed by atoms with Crippen LogP contribution in [0.15, 0.2) is 34.7 Å². The van der Waals surface area contributed by atoms with Crippen LogP contribution in [0, 0.1) is 0 Å². The molecule has 0 bridgehead atoms. The fourth-order valence-electron chi connectivity index (χ4n) is 3.74. The van der Waals surface area contributed by atoms with Crippen LogP contribution in [0.2, 0.25) is 0 Å². The normalized spacial score (nSPS) is 14.6. The lowest BCUT2D eigenvalue weighted by Gasteiger charge is -2.32. The van der Waals surface area contributed by atoms with E-state index >= 15 is 0 Å². The maximum absolute atomic E-state index is 6.06. The van der Waals surface area contributed by atoms with E-state index in [9.17, 15) is 0 Å². The van der Waals surface area contributed by atoms with Gasteiger partial charge in [0.1, 0.15) is 12.1 Å². The summed E-state index contributed by atoms with van der Waals surface area (Å²) in [6, 6.07) is 10.6. The lowest BCUT2D eigenvalue weighted by atomic mass is 10.1. The zero-order valence-electron chi connectivity index (χ0n) is 18.5. The second-order valence-electron chi connectivity index (χ2n) is 9.16. The van der Waals surface area contributed by atoms with Crippen molar-refractivity contribution in [3.05, 3.63) is 36.1 Å².